The van der Waals surface area contributed by atoms with Crippen LogP contribution in [0.3, 0.4) is 0 Å². The smallest absolute Gasteiger partial charge is 0.277 e. The Morgan fingerprint density at radius 3 is 1.27 bits per heavy atom. The second-order valence-electron chi connectivity index (χ2n) is 24.7. The fraction of sp³-hybridized carbons (Fsp3) is 0.216. The minimum atomic E-state index is -3.09. The molecule has 10 aromatic rings. The third-order valence-corrected chi connectivity index (χ3v) is 17.7. The lowest BCUT2D eigenvalue weighted by molar-refractivity contribution is -0.0336. The van der Waals surface area contributed by atoms with Crippen LogP contribution in [0.4, 0.5) is 48.2 Å². The maximum Gasteiger partial charge on any atom is 0.277 e. The van der Waals surface area contributed by atoms with Crippen LogP contribution in [-0.2, 0) is 19.6 Å². The molecule has 1 fully saturated rings. The van der Waals surface area contributed by atoms with Crippen LogP contribution < -0.4 is 50.4 Å². The standard InChI is InChI=1S/C26H25FN6O2.C24H24F3N5O2.C24H22F3N5O2/c1-15-5-10-20(27)12-21(15)26(35)31-13-17-6-8-18(9-7-17)23-22(25(29)34)24(28)33(32-23)16(2)19-4-3-11-30-14-19;2*1-13-4-9-16(25)11-17(13)23(34)30-12-14-5-7-15(8-6-14)20-19(22(29)33)21(28)32(31-20)18-3-2-10-24(18,26)27/h3-12,14,16H,13,28H2,1-2H3,(H2,29,34)(H,31,35);4-9,11,18H,2-3,10,12,28H2,1H3,(H2,29,33)(H,30,34);2-9,11,18H,10,12,28H2,1H3,(H2,29,33)(H,30,34). The number of alkyl halides is 4. The van der Waals surface area contributed by atoms with Crippen LogP contribution in [0.25, 0.3) is 33.8 Å². The summed E-state index contributed by atoms with van der Waals surface area (Å²) >= 11 is 0. The van der Waals surface area contributed by atoms with Gasteiger partial charge in [-0.2, -0.15) is 15.3 Å². The molecule has 3 unspecified atom stereocenters. The fourth-order valence-electron chi connectivity index (χ4n) is 12.0. The van der Waals surface area contributed by atoms with Crippen molar-refractivity contribution in [1.82, 2.24) is 50.3 Å². The van der Waals surface area contributed by atoms with Crippen LogP contribution in [-0.4, -0.2) is 81.6 Å². The lowest BCUT2D eigenvalue weighted by atomic mass is 10.0. The second-order valence-corrected chi connectivity index (χ2v) is 24.7. The van der Waals surface area contributed by atoms with E-state index in [9.17, 15) is 59.5 Å². The predicted octanol–water partition coefficient (Wildman–Crippen LogP) is 11.3. The minimum absolute atomic E-state index is 0.0899. The Labute approximate surface area is 585 Å². The van der Waals surface area contributed by atoms with Gasteiger partial charge in [0.25, 0.3) is 47.3 Å². The van der Waals surface area contributed by atoms with E-state index >= 15 is 0 Å². The molecule has 4 heterocycles. The first-order chi connectivity index (χ1) is 48.9. The first-order valence-electron chi connectivity index (χ1n) is 32.2. The highest BCUT2D eigenvalue weighted by atomic mass is 19.3. The van der Waals surface area contributed by atoms with E-state index in [1.54, 1.807) is 117 Å². The van der Waals surface area contributed by atoms with Gasteiger partial charge in [-0.1, -0.05) is 109 Å². The number of carbonyl (C=O) groups is 6. The summed E-state index contributed by atoms with van der Waals surface area (Å²) in [6, 6.07) is 33.3. The number of aryl methyl sites for hydroxylation is 3. The van der Waals surface area contributed by atoms with Crippen molar-refractivity contribution in [3.63, 3.8) is 0 Å². The number of carbonyl (C=O) groups excluding carboxylic acids is 6. The van der Waals surface area contributed by atoms with Crippen LogP contribution in [0, 0.1) is 38.2 Å². The summed E-state index contributed by atoms with van der Waals surface area (Å²) in [6.45, 7) is 7.65. The van der Waals surface area contributed by atoms with Crippen molar-refractivity contribution >= 4 is 52.9 Å². The minimum Gasteiger partial charge on any atom is -0.383 e. The van der Waals surface area contributed by atoms with Gasteiger partial charge in [0.2, 0.25) is 0 Å². The molecule has 2 aliphatic carbocycles. The van der Waals surface area contributed by atoms with Crippen LogP contribution in [0.2, 0.25) is 0 Å². The monoisotopic (exact) mass is 1410 g/mol. The van der Waals surface area contributed by atoms with Crippen molar-refractivity contribution in [3.05, 3.63) is 254 Å². The van der Waals surface area contributed by atoms with E-state index in [4.69, 9.17) is 34.4 Å². The molecule has 1 saturated carbocycles. The number of halogens is 7. The number of nitrogens with zero attached hydrogens (tertiary/aromatic N) is 7. The van der Waals surface area contributed by atoms with Gasteiger partial charge >= 0.3 is 0 Å². The molecule has 0 aliphatic heterocycles. The fourth-order valence-corrected chi connectivity index (χ4v) is 12.0. The molecule has 0 saturated heterocycles. The average molecular weight is 1410 g/mol. The summed E-state index contributed by atoms with van der Waals surface area (Å²) in [5.41, 5.74) is 42.8. The summed E-state index contributed by atoms with van der Waals surface area (Å²) in [7, 11) is 0. The maximum absolute atomic E-state index is 14.3. The third kappa shape index (κ3) is 16.3. The van der Waals surface area contributed by atoms with E-state index < -0.39 is 77.3 Å². The summed E-state index contributed by atoms with van der Waals surface area (Å²) < 4.78 is 101. The zero-order valence-electron chi connectivity index (χ0n) is 56.0. The number of primary amides is 3. The highest BCUT2D eigenvalue weighted by Gasteiger charge is 2.47. The number of aromatic nitrogens is 7. The van der Waals surface area contributed by atoms with Crippen LogP contribution in [0.5, 0.6) is 0 Å². The van der Waals surface area contributed by atoms with Crippen molar-refractivity contribution < 1.29 is 59.5 Å². The van der Waals surface area contributed by atoms with E-state index in [2.05, 4.69) is 36.2 Å². The van der Waals surface area contributed by atoms with Gasteiger partial charge in [0.05, 0.1) is 6.04 Å². The van der Waals surface area contributed by atoms with Crippen LogP contribution in [0.15, 0.2) is 164 Å². The molecule has 0 spiro atoms. The number of hydrogen-bond acceptors (Lipinski definition) is 13. The molecular weight excluding hydrogens is 1340 g/mol. The largest absolute Gasteiger partial charge is 0.383 e. The zero-order valence-corrected chi connectivity index (χ0v) is 56.0. The molecule has 3 atom stereocenters. The number of nitrogens with one attached hydrogen (secondary N) is 3. The second kappa shape index (κ2) is 30.6. The Morgan fingerprint density at radius 2 is 0.913 bits per heavy atom. The Kier molecular flexibility index (Phi) is 21.8. The summed E-state index contributed by atoms with van der Waals surface area (Å²) in [5.74, 6) is -11.4. The Morgan fingerprint density at radius 1 is 0.524 bits per heavy atom. The number of hydrogen-bond donors (Lipinski definition) is 9. The molecule has 12 rings (SSSR count). The van der Waals surface area contributed by atoms with Gasteiger partial charge in [-0.05, 0) is 122 Å². The van der Waals surface area contributed by atoms with E-state index in [1.165, 1.54) is 60.7 Å². The summed E-state index contributed by atoms with van der Waals surface area (Å²) in [6.07, 6.45) is 5.82. The first-order valence-corrected chi connectivity index (χ1v) is 32.2. The number of nitrogens with two attached hydrogens (primary N) is 6. The number of nitrogen functional groups attached to an aromatic ring is 3. The van der Waals surface area contributed by atoms with Gasteiger partial charge in [-0.3, -0.25) is 33.8 Å². The molecule has 2 aliphatic rings. The third-order valence-electron chi connectivity index (χ3n) is 17.7. The zero-order chi connectivity index (χ0) is 74.4. The molecule has 6 aromatic carbocycles. The normalized spacial score (nSPS) is 15.1. The van der Waals surface area contributed by atoms with Gasteiger partial charge in [0.15, 0.2) is 0 Å². The molecule has 0 bridgehead atoms. The lowest BCUT2D eigenvalue weighted by Crippen LogP contribution is -2.27. The van der Waals surface area contributed by atoms with E-state index in [-0.39, 0.29) is 107 Å². The van der Waals surface area contributed by atoms with Crippen molar-refractivity contribution in [2.45, 2.75) is 103 Å². The number of benzene rings is 6. The number of anilines is 3. The van der Waals surface area contributed by atoms with Gasteiger partial charge in [-0.25, -0.2) is 44.8 Å². The van der Waals surface area contributed by atoms with Gasteiger partial charge in [0.1, 0.15) is 80.8 Å². The van der Waals surface area contributed by atoms with Gasteiger partial charge < -0.3 is 50.4 Å². The van der Waals surface area contributed by atoms with Crippen LogP contribution >= 0.6 is 0 Å². The lowest BCUT2D eigenvalue weighted by Gasteiger charge is -2.20. The molecule has 15 N–H and O–H groups in total. The Balaban J connectivity index is 0.000000166. The van der Waals surface area contributed by atoms with E-state index in [0.29, 0.717) is 51.1 Å². The van der Waals surface area contributed by atoms with Crippen LogP contribution in [0.1, 0.15) is 152 Å². The van der Waals surface area contributed by atoms with E-state index in [1.807, 2.05) is 19.1 Å². The molecule has 0 radical (unpaired) electrons. The maximum atomic E-state index is 14.3. The molecule has 4 aromatic heterocycles. The summed E-state index contributed by atoms with van der Waals surface area (Å²) in [5, 5.41) is 21.3. The number of allylic oxidation sites excluding steroid dienone is 2. The molecule has 22 nitrogen and oxygen atoms in total. The van der Waals surface area contributed by atoms with Gasteiger partial charge in [-0.15, -0.1) is 0 Å². The topological polar surface area (TPSA) is 361 Å². The summed E-state index contributed by atoms with van der Waals surface area (Å²) in [4.78, 5) is 77.7. The van der Waals surface area contributed by atoms with Crippen molar-refractivity contribution in [1.29, 1.82) is 0 Å². The Hall–Kier alpha value is -12.4. The number of amides is 6. The van der Waals surface area contributed by atoms with Gasteiger partial charge in [0, 0.05) is 78.3 Å². The predicted molar refractivity (Wildman–Crippen MR) is 372 cm³/mol. The Bertz CT molecular complexity index is 4900. The highest BCUT2D eigenvalue weighted by Crippen LogP contribution is 2.46. The highest BCUT2D eigenvalue weighted by molar-refractivity contribution is 6.05. The molecule has 6 amide bonds. The number of pyridine rings is 1. The van der Waals surface area contributed by atoms with Crippen molar-refractivity contribution in [2.24, 2.45) is 17.2 Å². The SMILES string of the molecule is Cc1ccc(F)cc1C(=O)NCc1ccc(-c2nn(C(C)c3cccnc3)c(N)c2C(N)=O)cc1.Cc1ccc(F)cc1C(=O)NCc1ccc(-c2nn(C3C=CCC3(F)F)c(N)c2C(N)=O)cc1.Cc1ccc(F)cc1C(=O)NCc1ccc(-c2nn(C3CCCC3(F)F)c(N)c2C(N)=O)cc1. The van der Waals surface area contributed by atoms with Crippen molar-refractivity contribution in [3.8, 4) is 33.8 Å². The molecule has 103 heavy (non-hydrogen) atoms. The molecule has 29 heteroatoms. The average Bonchev–Trinajstić information content (AvgIpc) is 1.63. The van der Waals surface area contributed by atoms with Crippen molar-refractivity contribution in [2.75, 3.05) is 17.2 Å². The first kappa shape index (κ1) is 73.3. The number of rotatable bonds is 19. The quantitative estimate of drug-likeness (QED) is 0.0269. The van der Waals surface area contributed by atoms with E-state index in [0.717, 1.165) is 26.1 Å². The molecule has 532 valence electrons. The molecular formula is C74H71F7N16O6.